The van der Waals surface area contributed by atoms with Crippen LogP contribution in [-0.2, 0) is 11.3 Å². The van der Waals surface area contributed by atoms with Crippen LogP contribution in [0.15, 0.2) is 36.4 Å². The van der Waals surface area contributed by atoms with Crippen molar-refractivity contribution in [2.75, 3.05) is 19.1 Å². The number of ether oxygens (including phenoxy) is 1. The maximum atomic E-state index is 11.9. The van der Waals surface area contributed by atoms with Crippen LogP contribution >= 0.6 is 11.8 Å². The zero-order valence-corrected chi connectivity index (χ0v) is 13.8. The molecule has 0 fully saturated rings. The fourth-order valence-electron chi connectivity index (χ4n) is 2.21. The van der Waals surface area contributed by atoms with Crippen molar-refractivity contribution in [1.82, 2.24) is 5.32 Å². The van der Waals surface area contributed by atoms with Gasteiger partial charge in [0.2, 0.25) is 5.91 Å². The molecule has 2 aromatic rings. The van der Waals surface area contributed by atoms with E-state index in [1.807, 2.05) is 36.6 Å². The predicted octanol–water partition coefficient (Wildman–Crippen LogP) is 2.55. The van der Waals surface area contributed by atoms with E-state index in [0.29, 0.717) is 13.0 Å². The fourth-order valence-corrected chi connectivity index (χ4v) is 2.70. The molecule has 1 amide bonds. The molecule has 0 aliphatic carbocycles. The number of rotatable bonds is 7. The van der Waals surface area contributed by atoms with Crippen LogP contribution in [0, 0.1) is 0 Å². The molecule has 4 nitrogen and oxygen atoms in total. The third-order valence-electron chi connectivity index (χ3n) is 3.55. The Balaban J connectivity index is 1.98. The highest BCUT2D eigenvalue weighted by atomic mass is 32.2. The topological polar surface area (TPSA) is 64.3 Å². The minimum absolute atomic E-state index is 0.0936. The molecule has 0 bridgehead atoms. The van der Waals surface area contributed by atoms with E-state index in [4.69, 9.17) is 10.5 Å². The molecule has 0 aliphatic rings. The molecule has 118 valence electrons. The molecule has 0 saturated carbocycles. The van der Waals surface area contributed by atoms with E-state index in [9.17, 15) is 4.79 Å². The maximum Gasteiger partial charge on any atom is 0.237 e. The van der Waals surface area contributed by atoms with Gasteiger partial charge in [-0.25, -0.2) is 0 Å². The first-order chi connectivity index (χ1) is 10.6. The van der Waals surface area contributed by atoms with Crippen LogP contribution in [0.5, 0.6) is 5.75 Å². The highest BCUT2D eigenvalue weighted by molar-refractivity contribution is 7.98. The Bertz CT molecular complexity index is 646. The second-order valence-corrected chi connectivity index (χ2v) is 6.14. The number of benzene rings is 2. The number of fused-ring (bicyclic) bond motifs is 1. The Kier molecular flexibility index (Phi) is 6.10. The Morgan fingerprint density at radius 3 is 2.73 bits per heavy atom. The Hall–Kier alpha value is -1.72. The summed E-state index contributed by atoms with van der Waals surface area (Å²) in [4.78, 5) is 11.9. The average molecular weight is 318 g/mol. The summed E-state index contributed by atoms with van der Waals surface area (Å²) in [5.74, 6) is 1.64. The molecule has 0 heterocycles. The van der Waals surface area contributed by atoms with E-state index in [-0.39, 0.29) is 5.91 Å². The lowest BCUT2D eigenvalue weighted by molar-refractivity contribution is -0.122. The first kappa shape index (κ1) is 16.6. The molecule has 2 rings (SSSR count). The van der Waals surface area contributed by atoms with Crippen LogP contribution in [0.25, 0.3) is 10.8 Å². The highest BCUT2D eigenvalue weighted by Gasteiger charge is 2.12. The Morgan fingerprint density at radius 2 is 2.00 bits per heavy atom. The van der Waals surface area contributed by atoms with Gasteiger partial charge in [-0.2, -0.15) is 11.8 Å². The minimum Gasteiger partial charge on any atom is -0.497 e. The molecular weight excluding hydrogens is 296 g/mol. The zero-order valence-electron chi connectivity index (χ0n) is 13.0. The summed E-state index contributed by atoms with van der Waals surface area (Å²) in [6.45, 7) is 0.494. The summed E-state index contributed by atoms with van der Waals surface area (Å²) in [7, 11) is 1.66. The number of carbonyl (C=O) groups excluding carboxylic acids is 1. The van der Waals surface area contributed by atoms with Crippen molar-refractivity contribution in [3.8, 4) is 5.75 Å². The van der Waals surface area contributed by atoms with Crippen molar-refractivity contribution in [3.05, 3.63) is 42.0 Å². The van der Waals surface area contributed by atoms with Crippen LogP contribution in [0.3, 0.4) is 0 Å². The first-order valence-electron chi connectivity index (χ1n) is 7.23. The smallest absolute Gasteiger partial charge is 0.237 e. The second-order valence-electron chi connectivity index (χ2n) is 5.15. The zero-order chi connectivity index (χ0) is 15.9. The van der Waals surface area contributed by atoms with Gasteiger partial charge in [0.1, 0.15) is 5.75 Å². The number of carbonyl (C=O) groups is 1. The van der Waals surface area contributed by atoms with Crippen LogP contribution in [0.2, 0.25) is 0 Å². The van der Waals surface area contributed by atoms with Gasteiger partial charge in [-0.15, -0.1) is 0 Å². The molecular formula is C17H22N2O2S. The van der Waals surface area contributed by atoms with Gasteiger partial charge in [-0.3, -0.25) is 4.79 Å². The summed E-state index contributed by atoms with van der Waals surface area (Å²) in [5.41, 5.74) is 6.91. The Morgan fingerprint density at radius 1 is 1.27 bits per heavy atom. The summed E-state index contributed by atoms with van der Waals surface area (Å²) >= 11 is 1.70. The van der Waals surface area contributed by atoms with E-state index in [1.165, 1.54) is 0 Å². The molecule has 0 aliphatic heterocycles. The summed E-state index contributed by atoms with van der Waals surface area (Å²) in [6, 6.07) is 11.6. The SMILES string of the molecule is COc1ccc2cc(CNC(=O)[C@@H](N)CCSC)ccc2c1. The van der Waals surface area contributed by atoms with Crippen molar-refractivity contribution < 1.29 is 9.53 Å². The van der Waals surface area contributed by atoms with Crippen molar-refractivity contribution >= 4 is 28.4 Å². The summed E-state index contributed by atoms with van der Waals surface area (Å²) in [6.07, 6.45) is 2.71. The third kappa shape index (κ3) is 4.39. The van der Waals surface area contributed by atoms with Crippen molar-refractivity contribution in [2.24, 2.45) is 5.73 Å². The largest absolute Gasteiger partial charge is 0.497 e. The van der Waals surface area contributed by atoms with Gasteiger partial charge in [0.15, 0.2) is 0 Å². The van der Waals surface area contributed by atoms with Gasteiger partial charge in [-0.1, -0.05) is 18.2 Å². The quantitative estimate of drug-likeness (QED) is 0.823. The standard InChI is InChI=1S/C17H22N2O2S/c1-21-15-6-5-13-9-12(3-4-14(13)10-15)11-19-17(20)16(18)7-8-22-2/h3-6,9-10,16H,7-8,11,18H2,1-2H3,(H,19,20)/t16-/m0/s1. The van der Waals surface area contributed by atoms with E-state index in [2.05, 4.69) is 11.4 Å². The minimum atomic E-state index is -0.433. The van der Waals surface area contributed by atoms with E-state index >= 15 is 0 Å². The second kappa shape index (κ2) is 8.06. The maximum absolute atomic E-state index is 11.9. The lowest BCUT2D eigenvalue weighted by Crippen LogP contribution is -2.40. The number of nitrogens with one attached hydrogen (secondary N) is 1. The molecule has 0 saturated heterocycles. The number of nitrogens with two attached hydrogens (primary N) is 1. The van der Waals surface area contributed by atoms with Gasteiger partial charge < -0.3 is 15.8 Å². The van der Waals surface area contributed by atoms with Crippen molar-refractivity contribution in [1.29, 1.82) is 0 Å². The number of amides is 1. The van der Waals surface area contributed by atoms with E-state index in [1.54, 1.807) is 18.9 Å². The van der Waals surface area contributed by atoms with Gasteiger partial charge >= 0.3 is 0 Å². The number of hydrogen-bond acceptors (Lipinski definition) is 4. The number of hydrogen-bond donors (Lipinski definition) is 2. The Labute approximate surface area is 135 Å². The molecule has 3 N–H and O–H groups in total. The molecule has 0 unspecified atom stereocenters. The normalized spacial score (nSPS) is 12.1. The fraction of sp³-hybridized carbons (Fsp3) is 0.353. The number of methoxy groups -OCH3 is 1. The van der Waals surface area contributed by atoms with Crippen LogP contribution in [0.4, 0.5) is 0 Å². The van der Waals surface area contributed by atoms with Gasteiger partial charge in [0, 0.05) is 6.54 Å². The van der Waals surface area contributed by atoms with Crippen molar-refractivity contribution in [2.45, 2.75) is 19.0 Å². The summed E-state index contributed by atoms with van der Waals surface area (Å²) < 4.78 is 5.22. The third-order valence-corrected chi connectivity index (χ3v) is 4.19. The predicted molar refractivity (Wildman–Crippen MR) is 93.3 cm³/mol. The molecule has 2 aromatic carbocycles. The molecule has 0 radical (unpaired) electrons. The van der Waals surface area contributed by atoms with Gasteiger partial charge in [0.05, 0.1) is 13.2 Å². The van der Waals surface area contributed by atoms with Crippen LogP contribution in [0.1, 0.15) is 12.0 Å². The van der Waals surface area contributed by atoms with Gasteiger partial charge in [0.25, 0.3) is 0 Å². The lowest BCUT2D eigenvalue weighted by Gasteiger charge is -2.12. The molecule has 22 heavy (non-hydrogen) atoms. The monoisotopic (exact) mass is 318 g/mol. The van der Waals surface area contributed by atoms with E-state index in [0.717, 1.165) is 27.8 Å². The number of thioether (sulfide) groups is 1. The lowest BCUT2D eigenvalue weighted by atomic mass is 10.1. The van der Waals surface area contributed by atoms with Crippen molar-refractivity contribution in [3.63, 3.8) is 0 Å². The molecule has 0 spiro atoms. The van der Waals surface area contributed by atoms with Gasteiger partial charge in [-0.05, 0) is 53.0 Å². The molecule has 5 heteroatoms. The molecule has 0 aromatic heterocycles. The van der Waals surface area contributed by atoms with E-state index < -0.39 is 6.04 Å². The average Bonchev–Trinajstić information content (AvgIpc) is 2.56. The molecule has 1 atom stereocenters. The van der Waals surface area contributed by atoms with Crippen LogP contribution in [-0.4, -0.2) is 31.1 Å². The highest BCUT2D eigenvalue weighted by Crippen LogP contribution is 2.21. The summed E-state index contributed by atoms with van der Waals surface area (Å²) in [5, 5.41) is 5.14. The first-order valence-corrected chi connectivity index (χ1v) is 8.62. The van der Waals surface area contributed by atoms with Crippen LogP contribution < -0.4 is 15.8 Å².